The maximum Gasteiger partial charge on any atom is 0.259 e. The lowest BCUT2D eigenvalue weighted by Gasteiger charge is -2.12. The fourth-order valence-electron chi connectivity index (χ4n) is 1.94. The zero-order chi connectivity index (χ0) is 15.6. The van der Waals surface area contributed by atoms with Gasteiger partial charge in [-0.05, 0) is 42.8 Å². The molecule has 0 unspecified atom stereocenters. The summed E-state index contributed by atoms with van der Waals surface area (Å²) in [7, 11) is 1.50. The van der Waals surface area contributed by atoms with Crippen LogP contribution in [0.2, 0.25) is 5.02 Å². The summed E-state index contributed by atoms with van der Waals surface area (Å²) in [5, 5.41) is 2.61. The Bertz CT molecular complexity index is 706. The summed E-state index contributed by atoms with van der Waals surface area (Å²) in [5.41, 5.74) is 1.62. The fraction of sp³-hybridized carbons (Fsp3) is 0.133. The summed E-state index contributed by atoms with van der Waals surface area (Å²) in [6.07, 6.45) is 0. The van der Waals surface area contributed by atoms with E-state index in [0.717, 1.165) is 10.0 Å². The third-order valence-corrected chi connectivity index (χ3v) is 3.61. The number of nitrogens with one attached hydrogen (secondary N) is 1. The molecule has 0 radical (unpaired) electrons. The minimum Gasteiger partial charge on any atom is -0.496 e. The van der Waals surface area contributed by atoms with E-state index in [0.29, 0.717) is 17.0 Å². The molecule has 1 amide bonds. The molecule has 2 aromatic rings. The van der Waals surface area contributed by atoms with Crippen LogP contribution in [0.5, 0.6) is 5.75 Å². The van der Waals surface area contributed by atoms with Crippen molar-refractivity contribution in [3.8, 4) is 5.75 Å². The van der Waals surface area contributed by atoms with Gasteiger partial charge in [-0.15, -0.1) is 0 Å². The smallest absolute Gasteiger partial charge is 0.259 e. The molecule has 0 heterocycles. The number of carbonyl (C=O) groups is 1. The SMILES string of the molecule is COc1c(C)cc(Br)cc1C(=O)Nc1ccc(F)c(Cl)c1. The van der Waals surface area contributed by atoms with Gasteiger partial charge >= 0.3 is 0 Å². The molecule has 1 N–H and O–H groups in total. The summed E-state index contributed by atoms with van der Waals surface area (Å²) in [6, 6.07) is 7.50. The molecule has 2 aromatic carbocycles. The number of anilines is 1. The zero-order valence-corrected chi connectivity index (χ0v) is 13.7. The molecule has 0 saturated heterocycles. The van der Waals surface area contributed by atoms with E-state index in [1.165, 1.54) is 25.3 Å². The molecule has 2 rings (SSSR count). The number of halogens is 3. The van der Waals surface area contributed by atoms with E-state index in [1.54, 1.807) is 6.07 Å². The van der Waals surface area contributed by atoms with E-state index in [2.05, 4.69) is 21.2 Å². The van der Waals surface area contributed by atoms with Gasteiger partial charge in [-0.3, -0.25) is 4.79 Å². The molecule has 3 nitrogen and oxygen atoms in total. The van der Waals surface area contributed by atoms with Crippen molar-refractivity contribution >= 4 is 39.1 Å². The molecule has 0 aromatic heterocycles. The average Bonchev–Trinajstić information content (AvgIpc) is 2.42. The highest BCUT2D eigenvalue weighted by Gasteiger charge is 2.16. The van der Waals surface area contributed by atoms with Crippen LogP contribution in [-0.4, -0.2) is 13.0 Å². The number of ether oxygens (including phenoxy) is 1. The third-order valence-electron chi connectivity index (χ3n) is 2.87. The van der Waals surface area contributed by atoms with Crippen LogP contribution in [0.3, 0.4) is 0 Å². The van der Waals surface area contributed by atoms with Gasteiger partial charge in [0.05, 0.1) is 17.7 Å². The van der Waals surface area contributed by atoms with Gasteiger partial charge in [-0.2, -0.15) is 0 Å². The van der Waals surface area contributed by atoms with E-state index in [-0.39, 0.29) is 10.9 Å². The Labute approximate surface area is 135 Å². The van der Waals surface area contributed by atoms with E-state index in [9.17, 15) is 9.18 Å². The number of benzene rings is 2. The van der Waals surface area contributed by atoms with Crippen molar-refractivity contribution in [2.75, 3.05) is 12.4 Å². The monoisotopic (exact) mass is 371 g/mol. The fourth-order valence-corrected chi connectivity index (χ4v) is 2.69. The molecular formula is C15H12BrClFNO2. The second kappa shape index (κ2) is 6.45. The maximum absolute atomic E-state index is 13.1. The van der Waals surface area contributed by atoms with Crippen LogP contribution in [-0.2, 0) is 0 Å². The Morgan fingerprint density at radius 2 is 2.05 bits per heavy atom. The Kier molecular flexibility index (Phi) is 4.85. The summed E-state index contributed by atoms with van der Waals surface area (Å²) in [5.74, 6) is -0.409. The highest BCUT2D eigenvalue weighted by atomic mass is 79.9. The Hall–Kier alpha value is -1.59. The van der Waals surface area contributed by atoms with Gasteiger partial charge in [0.1, 0.15) is 11.6 Å². The molecule has 0 aliphatic heterocycles. The van der Waals surface area contributed by atoms with Crippen molar-refractivity contribution < 1.29 is 13.9 Å². The van der Waals surface area contributed by atoms with Crippen LogP contribution >= 0.6 is 27.5 Å². The van der Waals surface area contributed by atoms with Crippen molar-refractivity contribution in [2.45, 2.75) is 6.92 Å². The van der Waals surface area contributed by atoms with Gasteiger partial charge < -0.3 is 10.1 Å². The number of hydrogen-bond acceptors (Lipinski definition) is 2. The second-order valence-electron chi connectivity index (χ2n) is 4.39. The van der Waals surface area contributed by atoms with Crippen molar-refractivity contribution in [1.82, 2.24) is 0 Å². The lowest BCUT2D eigenvalue weighted by atomic mass is 10.1. The number of hydrogen-bond donors (Lipinski definition) is 1. The van der Waals surface area contributed by atoms with Crippen LogP contribution < -0.4 is 10.1 Å². The van der Waals surface area contributed by atoms with Gasteiger partial charge in [0.2, 0.25) is 0 Å². The van der Waals surface area contributed by atoms with E-state index in [4.69, 9.17) is 16.3 Å². The van der Waals surface area contributed by atoms with Crippen molar-refractivity contribution in [1.29, 1.82) is 0 Å². The van der Waals surface area contributed by atoms with Gasteiger partial charge in [-0.25, -0.2) is 4.39 Å². The second-order valence-corrected chi connectivity index (χ2v) is 5.71. The predicted octanol–water partition coefficient (Wildman–Crippen LogP) is 4.81. The van der Waals surface area contributed by atoms with Crippen molar-refractivity contribution in [2.24, 2.45) is 0 Å². The first-order valence-electron chi connectivity index (χ1n) is 6.03. The van der Waals surface area contributed by atoms with Crippen LogP contribution in [0.1, 0.15) is 15.9 Å². The first-order valence-corrected chi connectivity index (χ1v) is 7.20. The predicted molar refractivity (Wildman–Crippen MR) is 84.8 cm³/mol. The first-order chi connectivity index (χ1) is 9.92. The molecule has 0 aliphatic carbocycles. The summed E-state index contributed by atoms with van der Waals surface area (Å²) >= 11 is 9.04. The Balaban J connectivity index is 2.34. The largest absolute Gasteiger partial charge is 0.496 e. The number of rotatable bonds is 3. The quantitative estimate of drug-likeness (QED) is 0.839. The minimum absolute atomic E-state index is 0.0508. The summed E-state index contributed by atoms with van der Waals surface area (Å²) < 4.78 is 19.1. The molecule has 21 heavy (non-hydrogen) atoms. The van der Waals surface area contributed by atoms with Crippen LogP contribution in [0.25, 0.3) is 0 Å². The highest BCUT2D eigenvalue weighted by molar-refractivity contribution is 9.10. The van der Waals surface area contributed by atoms with Crippen molar-refractivity contribution in [3.63, 3.8) is 0 Å². The van der Waals surface area contributed by atoms with Crippen molar-refractivity contribution in [3.05, 3.63) is 56.8 Å². The molecule has 6 heteroatoms. The van der Waals surface area contributed by atoms with E-state index >= 15 is 0 Å². The molecule has 0 aliphatic rings. The molecule has 0 saturated carbocycles. The van der Waals surface area contributed by atoms with Gasteiger partial charge in [-0.1, -0.05) is 27.5 Å². The number of aryl methyl sites for hydroxylation is 1. The number of carbonyl (C=O) groups excluding carboxylic acids is 1. The van der Waals surface area contributed by atoms with Gasteiger partial charge in [0, 0.05) is 10.2 Å². The Morgan fingerprint density at radius 1 is 1.33 bits per heavy atom. The number of amides is 1. The van der Waals surface area contributed by atoms with E-state index < -0.39 is 5.82 Å². The van der Waals surface area contributed by atoms with Crippen LogP contribution in [0.4, 0.5) is 10.1 Å². The highest BCUT2D eigenvalue weighted by Crippen LogP contribution is 2.29. The Morgan fingerprint density at radius 3 is 2.67 bits per heavy atom. The van der Waals surface area contributed by atoms with Crippen LogP contribution in [0.15, 0.2) is 34.8 Å². The topological polar surface area (TPSA) is 38.3 Å². The zero-order valence-electron chi connectivity index (χ0n) is 11.3. The molecule has 0 spiro atoms. The normalized spacial score (nSPS) is 10.3. The lowest BCUT2D eigenvalue weighted by Crippen LogP contribution is -2.14. The molecular weight excluding hydrogens is 361 g/mol. The minimum atomic E-state index is -0.537. The van der Waals surface area contributed by atoms with E-state index in [1.807, 2.05) is 13.0 Å². The number of methoxy groups -OCH3 is 1. The summed E-state index contributed by atoms with van der Waals surface area (Å²) in [4.78, 5) is 12.3. The third kappa shape index (κ3) is 3.54. The molecule has 0 bridgehead atoms. The maximum atomic E-state index is 13.1. The summed E-state index contributed by atoms with van der Waals surface area (Å²) in [6.45, 7) is 1.84. The molecule has 0 fully saturated rings. The molecule has 0 atom stereocenters. The first kappa shape index (κ1) is 15.8. The standard InChI is InChI=1S/C15H12BrClFNO2/c1-8-5-9(16)6-11(14(8)21-2)15(20)19-10-3-4-13(18)12(17)7-10/h3-7H,1-2H3,(H,19,20). The lowest BCUT2D eigenvalue weighted by molar-refractivity contribution is 0.102. The van der Waals surface area contributed by atoms with Crippen LogP contribution in [0, 0.1) is 12.7 Å². The van der Waals surface area contributed by atoms with Gasteiger partial charge in [0.25, 0.3) is 5.91 Å². The van der Waals surface area contributed by atoms with Gasteiger partial charge in [0.15, 0.2) is 0 Å². The average molecular weight is 373 g/mol. The molecule has 110 valence electrons.